The molecule has 0 aliphatic carbocycles. The molecule has 3 aromatic carbocycles. The van der Waals surface area contributed by atoms with Crippen molar-refractivity contribution in [2.24, 2.45) is 0 Å². The molecule has 0 aromatic heterocycles. The van der Waals surface area contributed by atoms with Crippen molar-refractivity contribution in [3.05, 3.63) is 97.5 Å². The van der Waals surface area contributed by atoms with Crippen molar-refractivity contribution in [1.29, 1.82) is 5.26 Å². The molecule has 35 heavy (non-hydrogen) atoms. The first-order valence-corrected chi connectivity index (χ1v) is 11.1. The molecular formula is C25H19Cl2N3O5. The minimum atomic E-state index is -0.595. The van der Waals surface area contributed by atoms with Gasteiger partial charge in [-0.25, -0.2) is 0 Å². The van der Waals surface area contributed by atoms with Gasteiger partial charge >= 0.3 is 0 Å². The Balaban J connectivity index is 1.81. The molecule has 0 spiro atoms. The highest BCUT2D eigenvalue weighted by Gasteiger charge is 2.15. The number of anilines is 1. The van der Waals surface area contributed by atoms with Gasteiger partial charge in [0.05, 0.1) is 16.6 Å². The second-order valence-corrected chi connectivity index (χ2v) is 7.95. The van der Waals surface area contributed by atoms with Crippen LogP contribution in [0.15, 0.2) is 66.2 Å². The number of ether oxygens (including phenoxy) is 2. The summed E-state index contributed by atoms with van der Waals surface area (Å²) in [4.78, 5) is 22.9. The highest BCUT2D eigenvalue weighted by Crippen LogP contribution is 2.38. The maximum Gasteiger partial charge on any atom is 0.269 e. The van der Waals surface area contributed by atoms with Gasteiger partial charge in [-0.2, -0.15) is 5.26 Å². The molecule has 0 saturated carbocycles. The van der Waals surface area contributed by atoms with Gasteiger partial charge in [-0.3, -0.25) is 14.9 Å². The molecule has 10 heteroatoms. The number of hydrogen-bond acceptors (Lipinski definition) is 6. The molecular weight excluding hydrogens is 493 g/mol. The van der Waals surface area contributed by atoms with E-state index in [1.165, 1.54) is 18.2 Å². The summed E-state index contributed by atoms with van der Waals surface area (Å²) in [5.41, 5.74) is 1.49. The summed E-state index contributed by atoms with van der Waals surface area (Å²) in [5.74, 6) is -0.000828. The number of carbonyl (C=O) groups excluding carboxylic acids is 1. The first kappa shape index (κ1) is 25.6. The van der Waals surface area contributed by atoms with E-state index in [0.29, 0.717) is 34.2 Å². The van der Waals surface area contributed by atoms with Gasteiger partial charge in [0.25, 0.3) is 11.6 Å². The van der Waals surface area contributed by atoms with Crippen LogP contribution in [0.3, 0.4) is 0 Å². The zero-order valence-corrected chi connectivity index (χ0v) is 20.0. The van der Waals surface area contributed by atoms with Crippen molar-refractivity contribution < 1.29 is 19.2 Å². The van der Waals surface area contributed by atoms with Crippen molar-refractivity contribution in [1.82, 2.24) is 0 Å². The Morgan fingerprint density at radius 3 is 2.40 bits per heavy atom. The molecule has 3 rings (SSSR count). The number of nitro benzene ring substituents is 1. The number of nitrogens with one attached hydrogen (secondary N) is 1. The summed E-state index contributed by atoms with van der Waals surface area (Å²) in [6.45, 7) is 2.20. The number of halogens is 2. The minimum Gasteiger partial charge on any atom is -0.490 e. The maximum absolute atomic E-state index is 12.6. The molecule has 8 nitrogen and oxygen atoms in total. The van der Waals surface area contributed by atoms with Crippen LogP contribution >= 0.6 is 23.2 Å². The summed E-state index contributed by atoms with van der Waals surface area (Å²) in [6, 6.07) is 17.5. The minimum absolute atomic E-state index is 0.0219. The van der Waals surface area contributed by atoms with Crippen molar-refractivity contribution in [2.75, 3.05) is 11.9 Å². The monoisotopic (exact) mass is 511 g/mol. The van der Waals surface area contributed by atoms with E-state index in [4.69, 9.17) is 32.7 Å². The van der Waals surface area contributed by atoms with Crippen LogP contribution in [0.5, 0.6) is 11.5 Å². The molecule has 0 heterocycles. The lowest BCUT2D eigenvalue weighted by Gasteiger charge is -2.15. The Morgan fingerprint density at radius 2 is 1.80 bits per heavy atom. The molecule has 0 fully saturated rings. The number of amides is 1. The first-order valence-electron chi connectivity index (χ1n) is 10.3. The SMILES string of the molecule is CCOc1cc(/C=C(\C#N)C(=O)Nc2ccc(Cl)cc2)cc(Cl)c1OCc1ccc([N+](=O)[O-])cc1. The number of nitriles is 1. The second kappa shape index (κ2) is 11.9. The topological polar surface area (TPSA) is 114 Å². The zero-order valence-electron chi connectivity index (χ0n) is 18.5. The van der Waals surface area contributed by atoms with Gasteiger partial charge in [0.1, 0.15) is 18.2 Å². The van der Waals surface area contributed by atoms with Crippen LogP contribution in [-0.4, -0.2) is 17.4 Å². The fourth-order valence-corrected chi connectivity index (χ4v) is 3.39. The summed E-state index contributed by atoms with van der Waals surface area (Å²) < 4.78 is 11.5. The largest absolute Gasteiger partial charge is 0.490 e. The number of rotatable bonds is 9. The zero-order chi connectivity index (χ0) is 25.4. The van der Waals surface area contributed by atoms with E-state index in [1.54, 1.807) is 55.5 Å². The molecule has 0 bridgehead atoms. The average molecular weight is 512 g/mol. The fraction of sp³-hybridized carbons (Fsp3) is 0.120. The van der Waals surface area contributed by atoms with E-state index in [-0.39, 0.29) is 28.6 Å². The molecule has 0 radical (unpaired) electrons. The molecule has 1 amide bonds. The molecule has 0 unspecified atom stereocenters. The highest BCUT2D eigenvalue weighted by atomic mass is 35.5. The lowest BCUT2D eigenvalue weighted by atomic mass is 10.1. The van der Waals surface area contributed by atoms with Crippen LogP contribution in [0.1, 0.15) is 18.1 Å². The Bertz CT molecular complexity index is 1300. The number of nitrogens with zero attached hydrogens (tertiary/aromatic N) is 2. The van der Waals surface area contributed by atoms with Crippen molar-refractivity contribution in [2.45, 2.75) is 13.5 Å². The van der Waals surface area contributed by atoms with Crippen LogP contribution in [0.4, 0.5) is 11.4 Å². The third-order valence-electron chi connectivity index (χ3n) is 4.64. The summed E-state index contributed by atoms with van der Waals surface area (Å²) in [6.07, 6.45) is 1.39. The lowest BCUT2D eigenvalue weighted by Crippen LogP contribution is -2.13. The second-order valence-electron chi connectivity index (χ2n) is 7.11. The predicted molar refractivity (Wildman–Crippen MR) is 134 cm³/mol. The van der Waals surface area contributed by atoms with E-state index >= 15 is 0 Å². The average Bonchev–Trinajstić information content (AvgIpc) is 2.83. The van der Waals surface area contributed by atoms with Gasteiger partial charge in [0.15, 0.2) is 11.5 Å². The van der Waals surface area contributed by atoms with E-state index in [0.717, 1.165) is 0 Å². The van der Waals surface area contributed by atoms with Gasteiger partial charge in [0.2, 0.25) is 0 Å². The Labute approximate surface area is 211 Å². The first-order chi connectivity index (χ1) is 16.8. The van der Waals surface area contributed by atoms with Crippen molar-refractivity contribution in [3.8, 4) is 17.6 Å². The molecule has 0 atom stereocenters. The third kappa shape index (κ3) is 6.96. The number of benzene rings is 3. The number of nitro groups is 1. The van der Waals surface area contributed by atoms with Gasteiger partial charge in [-0.05, 0) is 72.7 Å². The summed E-state index contributed by atoms with van der Waals surface area (Å²) >= 11 is 12.3. The van der Waals surface area contributed by atoms with Crippen LogP contribution in [0.25, 0.3) is 6.08 Å². The standard InChI is InChI=1S/C25H19Cl2N3O5/c1-2-34-23-13-17(11-18(14-28)25(31)29-20-7-5-19(26)6-8-20)12-22(27)24(23)35-15-16-3-9-21(10-4-16)30(32)33/h3-13H,2,15H2,1H3,(H,29,31)/b18-11+. The summed E-state index contributed by atoms with van der Waals surface area (Å²) in [7, 11) is 0. The van der Waals surface area contributed by atoms with Crippen molar-refractivity contribution >= 4 is 46.6 Å². The van der Waals surface area contributed by atoms with Crippen molar-refractivity contribution in [3.63, 3.8) is 0 Å². The summed E-state index contributed by atoms with van der Waals surface area (Å²) in [5, 5.41) is 23.7. The number of carbonyl (C=O) groups is 1. The lowest BCUT2D eigenvalue weighted by molar-refractivity contribution is -0.384. The number of non-ortho nitro benzene ring substituents is 1. The molecule has 0 aliphatic heterocycles. The molecule has 3 aromatic rings. The Hall–Kier alpha value is -4.06. The van der Waals surface area contributed by atoms with E-state index in [9.17, 15) is 20.2 Å². The van der Waals surface area contributed by atoms with Crippen LogP contribution in [0, 0.1) is 21.4 Å². The third-order valence-corrected chi connectivity index (χ3v) is 5.17. The molecule has 178 valence electrons. The number of hydrogen-bond donors (Lipinski definition) is 1. The van der Waals surface area contributed by atoms with Crippen LogP contribution in [-0.2, 0) is 11.4 Å². The Morgan fingerprint density at radius 1 is 1.11 bits per heavy atom. The normalized spacial score (nSPS) is 10.9. The Kier molecular flexibility index (Phi) is 8.68. The molecule has 1 N–H and O–H groups in total. The van der Waals surface area contributed by atoms with E-state index in [1.807, 2.05) is 6.07 Å². The van der Waals surface area contributed by atoms with Crippen LogP contribution < -0.4 is 14.8 Å². The van der Waals surface area contributed by atoms with Gasteiger partial charge in [-0.15, -0.1) is 0 Å². The smallest absolute Gasteiger partial charge is 0.269 e. The van der Waals surface area contributed by atoms with Gasteiger partial charge in [0, 0.05) is 22.8 Å². The predicted octanol–water partition coefficient (Wildman–Crippen LogP) is 6.42. The van der Waals surface area contributed by atoms with E-state index in [2.05, 4.69) is 5.32 Å². The highest BCUT2D eigenvalue weighted by molar-refractivity contribution is 6.32. The fourth-order valence-electron chi connectivity index (χ4n) is 2.99. The van der Waals surface area contributed by atoms with Gasteiger partial charge < -0.3 is 14.8 Å². The molecule has 0 aliphatic rings. The maximum atomic E-state index is 12.6. The van der Waals surface area contributed by atoms with E-state index < -0.39 is 10.8 Å². The molecule has 0 saturated heterocycles. The van der Waals surface area contributed by atoms with Crippen LogP contribution in [0.2, 0.25) is 10.0 Å². The quantitative estimate of drug-likeness (QED) is 0.153. The van der Waals surface area contributed by atoms with Gasteiger partial charge in [-0.1, -0.05) is 23.2 Å².